The Morgan fingerprint density at radius 2 is 2.15 bits per heavy atom. The van der Waals surface area contributed by atoms with Gasteiger partial charge in [-0.15, -0.1) is 0 Å². The molecule has 4 rings (SSSR count). The number of hydrazine groups is 1. The molecule has 0 radical (unpaired) electrons. The minimum absolute atomic E-state index is 0.254. The van der Waals surface area contributed by atoms with Crippen LogP contribution in [0.3, 0.4) is 0 Å². The summed E-state index contributed by atoms with van der Waals surface area (Å²) in [6.07, 6.45) is 8.71. The summed E-state index contributed by atoms with van der Waals surface area (Å²) in [4.78, 5) is 7.56. The largest absolute Gasteiger partial charge is 0.384 e. The number of methoxy groups -OCH3 is 1. The molecule has 1 unspecified atom stereocenters. The van der Waals surface area contributed by atoms with Crippen LogP contribution in [0.4, 0.5) is 5.69 Å². The molecule has 2 aliphatic rings. The number of pyridine rings is 1. The van der Waals surface area contributed by atoms with Crippen molar-refractivity contribution in [2.24, 2.45) is 11.8 Å². The maximum Gasteiger partial charge on any atom is 0.210 e. The molecule has 3 N–H and O–H groups in total. The fourth-order valence-electron chi connectivity index (χ4n) is 4.40. The van der Waals surface area contributed by atoms with Crippen LogP contribution in [0.5, 0.6) is 0 Å². The van der Waals surface area contributed by atoms with Crippen LogP contribution in [0.1, 0.15) is 31.2 Å². The molecule has 0 amide bonds. The van der Waals surface area contributed by atoms with E-state index >= 15 is 0 Å². The highest BCUT2D eigenvalue weighted by Gasteiger charge is 2.36. The number of hydrogen-bond acceptors (Lipinski definition) is 6. The highest BCUT2D eigenvalue weighted by atomic mass is 32.2. The quantitative estimate of drug-likeness (QED) is 0.695. The zero-order valence-electron chi connectivity index (χ0n) is 15.7. The van der Waals surface area contributed by atoms with Gasteiger partial charge in [-0.3, -0.25) is 0 Å². The van der Waals surface area contributed by atoms with E-state index in [2.05, 4.69) is 20.1 Å². The topological polar surface area (TPSA) is 99.3 Å². The lowest BCUT2D eigenvalue weighted by molar-refractivity contribution is 0.0830. The van der Waals surface area contributed by atoms with Crippen molar-refractivity contribution in [3.05, 3.63) is 24.0 Å². The van der Waals surface area contributed by atoms with Crippen LogP contribution in [0.15, 0.2) is 18.5 Å². The molecule has 1 atom stereocenters. The third-order valence-electron chi connectivity index (χ3n) is 5.70. The maximum absolute atomic E-state index is 12.0. The average molecular weight is 394 g/mol. The van der Waals surface area contributed by atoms with E-state index in [1.54, 1.807) is 13.3 Å². The van der Waals surface area contributed by atoms with Crippen LogP contribution in [0, 0.1) is 11.8 Å². The molecule has 148 valence electrons. The second kappa shape index (κ2) is 7.38. The number of fused-ring (bicyclic) bond motifs is 3. The van der Waals surface area contributed by atoms with Gasteiger partial charge in [0.15, 0.2) is 0 Å². The molecule has 2 aromatic heterocycles. The Hall–Kier alpha value is -1.68. The van der Waals surface area contributed by atoms with Crippen LogP contribution in [0.25, 0.3) is 11.0 Å². The van der Waals surface area contributed by atoms with Gasteiger partial charge in [0.2, 0.25) is 10.0 Å². The number of sulfonamides is 1. The van der Waals surface area contributed by atoms with Crippen molar-refractivity contribution in [3.8, 4) is 0 Å². The van der Waals surface area contributed by atoms with Gasteiger partial charge in [0, 0.05) is 37.4 Å². The van der Waals surface area contributed by atoms with E-state index in [0.29, 0.717) is 12.5 Å². The molecule has 9 heteroatoms. The summed E-state index contributed by atoms with van der Waals surface area (Å²) in [5, 5.41) is 3.09. The van der Waals surface area contributed by atoms with E-state index in [-0.39, 0.29) is 12.1 Å². The van der Waals surface area contributed by atoms with Crippen LogP contribution >= 0.6 is 0 Å². The first kappa shape index (κ1) is 18.7. The minimum Gasteiger partial charge on any atom is -0.384 e. The molecular formula is C18H27N5O3S. The van der Waals surface area contributed by atoms with E-state index in [9.17, 15) is 8.42 Å². The Morgan fingerprint density at radius 1 is 1.37 bits per heavy atom. The van der Waals surface area contributed by atoms with Crippen molar-refractivity contribution in [2.45, 2.75) is 38.4 Å². The van der Waals surface area contributed by atoms with E-state index in [0.717, 1.165) is 54.6 Å². The summed E-state index contributed by atoms with van der Waals surface area (Å²) < 4.78 is 32.3. The van der Waals surface area contributed by atoms with Gasteiger partial charge in [0.1, 0.15) is 5.65 Å². The standard InChI is InChI=1S/C18H27N5O3S/c1-26-11-12-3-5-13(6-4-12)18(22-27(2,24)25)23-10-15-14-7-8-19-17(14)20-9-16(15)21-23/h7-9,12-13,18,21-22H,3-6,10-11H2,1-2H3,(H,19,20). The van der Waals surface area contributed by atoms with Gasteiger partial charge in [0.25, 0.3) is 0 Å². The van der Waals surface area contributed by atoms with Gasteiger partial charge in [0.05, 0.1) is 24.3 Å². The van der Waals surface area contributed by atoms with E-state index in [1.807, 2.05) is 17.3 Å². The van der Waals surface area contributed by atoms with Gasteiger partial charge in [-0.05, 0) is 43.6 Å². The Bertz CT molecular complexity index is 905. The summed E-state index contributed by atoms with van der Waals surface area (Å²) in [5.41, 5.74) is 6.32. The fraction of sp³-hybridized carbons (Fsp3) is 0.611. The number of anilines is 1. The normalized spacial score (nSPS) is 24.7. The number of hydrogen-bond donors (Lipinski definition) is 3. The van der Waals surface area contributed by atoms with E-state index < -0.39 is 10.0 Å². The Labute approximate surface area is 159 Å². The van der Waals surface area contributed by atoms with Crippen molar-refractivity contribution in [1.29, 1.82) is 0 Å². The van der Waals surface area contributed by atoms with Crippen molar-refractivity contribution in [2.75, 3.05) is 25.4 Å². The summed E-state index contributed by atoms with van der Waals surface area (Å²) in [6.45, 7) is 1.42. The molecule has 2 aromatic rings. The molecule has 1 fully saturated rings. The second-order valence-electron chi connectivity index (χ2n) is 7.70. The number of aromatic nitrogens is 2. The highest BCUT2D eigenvalue weighted by Crippen LogP contribution is 2.36. The van der Waals surface area contributed by atoms with E-state index in [1.165, 1.54) is 6.26 Å². The number of nitrogens with one attached hydrogen (secondary N) is 3. The number of aromatic amines is 1. The molecule has 1 aliphatic carbocycles. The lowest BCUT2D eigenvalue weighted by Crippen LogP contribution is -2.53. The van der Waals surface area contributed by atoms with E-state index in [4.69, 9.17) is 4.74 Å². The first-order valence-electron chi connectivity index (χ1n) is 9.39. The smallest absolute Gasteiger partial charge is 0.210 e. The molecular weight excluding hydrogens is 366 g/mol. The fourth-order valence-corrected chi connectivity index (χ4v) is 5.16. The number of H-pyrrole nitrogens is 1. The van der Waals surface area contributed by atoms with Gasteiger partial charge >= 0.3 is 0 Å². The SMILES string of the molecule is COCC1CCC(C(NS(C)(=O)=O)N2Cc3c(cnc4[nH]ccc34)N2)CC1. The van der Waals surface area contributed by atoms with Crippen molar-refractivity contribution in [3.63, 3.8) is 0 Å². The molecule has 3 heterocycles. The summed E-state index contributed by atoms with van der Waals surface area (Å²) in [7, 11) is -1.59. The van der Waals surface area contributed by atoms with Gasteiger partial charge in [-0.25, -0.2) is 18.4 Å². The second-order valence-corrected chi connectivity index (χ2v) is 9.48. The van der Waals surface area contributed by atoms with Crippen molar-refractivity contribution in [1.82, 2.24) is 19.7 Å². The summed E-state index contributed by atoms with van der Waals surface area (Å²) in [5.74, 6) is 0.821. The monoisotopic (exact) mass is 393 g/mol. The van der Waals surface area contributed by atoms with Crippen LogP contribution in [-0.2, 0) is 21.3 Å². The molecule has 0 aromatic carbocycles. The maximum atomic E-state index is 12.0. The first-order valence-corrected chi connectivity index (χ1v) is 11.3. The molecule has 0 bridgehead atoms. The third kappa shape index (κ3) is 3.96. The zero-order valence-corrected chi connectivity index (χ0v) is 16.6. The Balaban J connectivity index is 1.55. The highest BCUT2D eigenvalue weighted by molar-refractivity contribution is 7.88. The number of rotatable bonds is 6. The average Bonchev–Trinajstić information content (AvgIpc) is 3.26. The number of ether oxygens (including phenoxy) is 1. The van der Waals surface area contributed by atoms with Gasteiger partial charge < -0.3 is 15.1 Å². The van der Waals surface area contributed by atoms with Gasteiger partial charge in [-0.2, -0.15) is 4.72 Å². The molecule has 0 saturated heterocycles. The Morgan fingerprint density at radius 3 is 2.85 bits per heavy atom. The molecule has 27 heavy (non-hydrogen) atoms. The molecule has 0 spiro atoms. The Kier molecular flexibility index (Phi) is 5.11. The predicted molar refractivity (Wildman–Crippen MR) is 104 cm³/mol. The lowest BCUT2D eigenvalue weighted by atomic mass is 9.81. The predicted octanol–water partition coefficient (Wildman–Crippen LogP) is 2.03. The van der Waals surface area contributed by atoms with Crippen molar-refractivity contribution < 1.29 is 13.2 Å². The number of nitrogens with zero attached hydrogens (tertiary/aromatic N) is 2. The third-order valence-corrected chi connectivity index (χ3v) is 6.37. The van der Waals surface area contributed by atoms with Crippen molar-refractivity contribution >= 4 is 26.7 Å². The molecule has 1 saturated carbocycles. The lowest BCUT2D eigenvalue weighted by Gasteiger charge is -2.38. The molecule has 1 aliphatic heterocycles. The van der Waals surface area contributed by atoms with Crippen LogP contribution in [0.2, 0.25) is 0 Å². The first-order chi connectivity index (χ1) is 12.9. The minimum atomic E-state index is -3.33. The van der Waals surface area contributed by atoms with Gasteiger partial charge in [-0.1, -0.05) is 0 Å². The summed E-state index contributed by atoms with van der Waals surface area (Å²) in [6, 6.07) is 2.02. The van der Waals surface area contributed by atoms with Crippen LogP contribution < -0.4 is 10.1 Å². The van der Waals surface area contributed by atoms with Crippen LogP contribution in [-0.4, -0.2) is 49.5 Å². The molecule has 8 nitrogen and oxygen atoms in total. The summed E-state index contributed by atoms with van der Waals surface area (Å²) >= 11 is 0. The zero-order chi connectivity index (χ0) is 19.0.